The minimum Gasteiger partial charge on any atom is -0.278 e. The lowest BCUT2D eigenvalue weighted by Crippen LogP contribution is -2.40. The van der Waals surface area contributed by atoms with Gasteiger partial charge in [-0.25, -0.2) is 0 Å². The molecule has 1 aliphatic heterocycles. The van der Waals surface area contributed by atoms with Gasteiger partial charge >= 0.3 is 0 Å². The predicted octanol–water partition coefficient (Wildman–Crippen LogP) is 2.24. The van der Waals surface area contributed by atoms with E-state index in [4.69, 9.17) is 0 Å². The number of imide groups is 1. The molecule has 2 amide bonds. The highest BCUT2D eigenvalue weighted by Crippen LogP contribution is 2.65. The van der Waals surface area contributed by atoms with Gasteiger partial charge in [-0.15, -0.1) is 0 Å². The van der Waals surface area contributed by atoms with Crippen LogP contribution in [0.25, 0.3) is 0 Å². The van der Waals surface area contributed by atoms with Crippen molar-refractivity contribution in [3.8, 4) is 0 Å². The summed E-state index contributed by atoms with van der Waals surface area (Å²) in [5.74, 6) is 1.99. The predicted molar refractivity (Wildman–Crippen MR) is 76.7 cm³/mol. The van der Waals surface area contributed by atoms with E-state index in [0.717, 1.165) is 5.56 Å². The molecule has 2 bridgehead atoms. The molecule has 0 spiro atoms. The Balaban J connectivity index is 1.49. The fourth-order valence-electron chi connectivity index (χ4n) is 4.94. The third-order valence-electron chi connectivity index (χ3n) is 5.94. The minimum atomic E-state index is -0.0695. The lowest BCUT2D eigenvalue weighted by atomic mass is 9.63. The first-order valence-electron chi connectivity index (χ1n) is 7.83. The average molecular weight is 279 g/mol. The van der Waals surface area contributed by atoms with Gasteiger partial charge in [0.05, 0.1) is 18.4 Å². The zero-order valence-electron chi connectivity index (χ0n) is 11.7. The van der Waals surface area contributed by atoms with Gasteiger partial charge in [0, 0.05) is 0 Å². The van der Waals surface area contributed by atoms with Gasteiger partial charge in [0.2, 0.25) is 11.8 Å². The van der Waals surface area contributed by atoms with Crippen molar-refractivity contribution in [1.29, 1.82) is 0 Å². The van der Waals surface area contributed by atoms with Crippen molar-refractivity contribution < 1.29 is 9.59 Å². The van der Waals surface area contributed by atoms with Crippen molar-refractivity contribution in [2.45, 2.75) is 13.0 Å². The summed E-state index contributed by atoms with van der Waals surface area (Å²) in [6, 6.07) is 9.82. The fraction of sp³-hybridized carbons (Fsp3) is 0.444. The van der Waals surface area contributed by atoms with Crippen LogP contribution in [0, 0.1) is 35.5 Å². The maximum absolute atomic E-state index is 12.8. The molecular formula is C18H17NO2. The van der Waals surface area contributed by atoms with Crippen molar-refractivity contribution in [2.24, 2.45) is 35.5 Å². The smallest absolute Gasteiger partial charge is 0.234 e. The van der Waals surface area contributed by atoms with Crippen LogP contribution >= 0.6 is 0 Å². The van der Waals surface area contributed by atoms with Crippen LogP contribution in [-0.4, -0.2) is 16.7 Å². The van der Waals surface area contributed by atoms with E-state index >= 15 is 0 Å². The number of rotatable bonds is 2. The standard InChI is InChI=1S/C18H17NO2/c20-17-15-11-6-7-12(14-8-13(11)14)16(15)18(21)19(17)9-10-4-2-1-3-5-10/h1-7,11-16H,8-9H2/t11-,12-,13-,14-,15+,16+/m0/s1. The van der Waals surface area contributed by atoms with Crippen LogP contribution in [0.1, 0.15) is 12.0 Å². The summed E-state index contributed by atoms with van der Waals surface area (Å²) in [6.07, 6.45) is 5.66. The maximum Gasteiger partial charge on any atom is 0.234 e. The summed E-state index contributed by atoms with van der Waals surface area (Å²) >= 11 is 0. The molecule has 0 N–H and O–H groups in total. The van der Waals surface area contributed by atoms with Crippen LogP contribution in [0.3, 0.4) is 0 Å². The van der Waals surface area contributed by atoms with Gasteiger partial charge in [0.25, 0.3) is 0 Å². The number of amides is 2. The molecule has 3 fully saturated rings. The van der Waals surface area contributed by atoms with Crippen LogP contribution in [0.2, 0.25) is 0 Å². The molecule has 1 aromatic carbocycles. The van der Waals surface area contributed by atoms with Crippen LogP contribution in [-0.2, 0) is 16.1 Å². The Bertz CT molecular complexity index is 629. The Kier molecular flexibility index (Phi) is 2.15. The molecule has 3 heteroatoms. The van der Waals surface area contributed by atoms with E-state index in [1.165, 1.54) is 11.3 Å². The third-order valence-corrected chi connectivity index (χ3v) is 5.94. The first-order valence-corrected chi connectivity index (χ1v) is 7.83. The average Bonchev–Trinajstić information content (AvgIpc) is 3.30. The first kappa shape index (κ1) is 11.7. The number of carbonyl (C=O) groups is 2. The normalized spacial score (nSPS) is 42.2. The summed E-state index contributed by atoms with van der Waals surface area (Å²) in [7, 11) is 0. The summed E-state index contributed by atoms with van der Waals surface area (Å²) in [5, 5.41) is 0. The van der Waals surface area contributed by atoms with Crippen molar-refractivity contribution in [1.82, 2.24) is 4.90 Å². The lowest BCUT2D eigenvalue weighted by molar-refractivity contribution is -0.140. The van der Waals surface area contributed by atoms with E-state index in [2.05, 4.69) is 12.2 Å². The van der Waals surface area contributed by atoms with Crippen LogP contribution in [0.4, 0.5) is 0 Å². The quantitative estimate of drug-likeness (QED) is 0.615. The van der Waals surface area contributed by atoms with Gasteiger partial charge in [0.1, 0.15) is 0 Å². The number of carbonyl (C=O) groups excluding carboxylic acids is 2. The highest BCUT2D eigenvalue weighted by atomic mass is 16.2. The zero-order valence-corrected chi connectivity index (χ0v) is 11.7. The molecule has 2 saturated carbocycles. The highest BCUT2D eigenvalue weighted by Gasteiger charge is 2.66. The van der Waals surface area contributed by atoms with E-state index in [9.17, 15) is 9.59 Å². The van der Waals surface area contributed by atoms with Gasteiger partial charge in [0.15, 0.2) is 0 Å². The molecule has 0 unspecified atom stereocenters. The highest BCUT2D eigenvalue weighted by molar-refractivity contribution is 6.06. The molecule has 5 aliphatic rings. The summed E-state index contributed by atoms with van der Waals surface area (Å²) in [5.41, 5.74) is 1.03. The number of benzene rings is 1. The van der Waals surface area contributed by atoms with Crippen LogP contribution < -0.4 is 0 Å². The topological polar surface area (TPSA) is 37.4 Å². The van der Waals surface area contributed by atoms with Crippen molar-refractivity contribution in [3.63, 3.8) is 0 Å². The molecule has 6 rings (SSSR count). The number of allylic oxidation sites excluding steroid dienone is 2. The van der Waals surface area contributed by atoms with E-state index in [-0.39, 0.29) is 23.7 Å². The van der Waals surface area contributed by atoms with E-state index < -0.39 is 0 Å². The second-order valence-electron chi connectivity index (χ2n) is 6.90. The molecule has 0 aromatic heterocycles. The molecular weight excluding hydrogens is 262 g/mol. The molecule has 6 atom stereocenters. The van der Waals surface area contributed by atoms with E-state index in [1.54, 1.807) is 0 Å². The van der Waals surface area contributed by atoms with E-state index in [1.807, 2.05) is 30.3 Å². The molecule has 106 valence electrons. The van der Waals surface area contributed by atoms with Gasteiger partial charge in [-0.1, -0.05) is 42.5 Å². The fourth-order valence-corrected chi connectivity index (χ4v) is 4.94. The molecule has 4 aliphatic carbocycles. The molecule has 1 saturated heterocycles. The van der Waals surface area contributed by atoms with Crippen molar-refractivity contribution in [3.05, 3.63) is 48.0 Å². The first-order chi connectivity index (χ1) is 10.3. The Morgan fingerprint density at radius 3 is 2.05 bits per heavy atom. The largest absolute Gasteiger partial charge is 0.278 e. The van der Waals surface area contributed by atoms with Crippen LogP contribution in [0.15, 0.2) is 42.5 Å². The summed E-state index contributed by atoms with van der Waals surface area (Å²) < 4.78 is 0. The second kappa shape index (κ2) is 3.85. The van der Waals surface area contributed by atoms with Crippen molar-refractivity contribution in [2.75, 3.05) is 0 Å². The van der Waals surface area contributed by atoms with Crippen LogP contribution in [0.5, 0.6) is 0 Å². The number of hydrogen-bond acceptors (Lipinski definition) is 2. The van der Waals surface area contributed by atoms with Gasteiger partial charge in [-0.3, -0.25) is 14.5 Å². The van der Waals surface area contributed by atoms with Crippen molar-refractivity contribution >= 4 is 11.8 Å². The van der Waals surface area contributed by atoms with Gasteiger partial charge in [-0.05, 0) is 35.7 Å². The number of nitrogens with zero attached hydrogens (tertiary/aromatic N) is 1. The molecule has 1 aromatic rings. The Morgan fingerprint density at radius 2 is 1.48 bits per heavy atom. The maximum atomic E-state index is 12.8. The number of likely N-dealkylation sites (tertiary alicyclic amines) is 1. The van der Waals surface area contributed by atoms with E-state index in [0.29, 0.717) is 30.2 Å². The summed E-state index contributed by atoms with van der Waals surface area (Å²) in [4.78, 5) is 27.1. The Labute approximate surface area is 123 Å². The minimum absolute atomic E-state index is 0.0681. The van der Waals surface area contributed by atoms with Gasteiger partial charge < -0.3 is 0 Å². The molecule has 21 heavy (non-hydrogen) atoms. The second-order valence-corrected chi connectivity index (χ2v) is 6.90. The Hall–Kier alpha value is -1.90. The lowest BCUT2D eigenvalue weighted by Gasteiger charge is -2.37. The molecule has 1 heterocycles. The molecule has 3 nitrogen and oxygen atoms in total. The SMILES string of the molecule is O=C1[C@@H]2[C@H]3C=C[C@@H]([C@@H]4C[C@@H]34)[C@H]2C(=O)N1Cc1ccccc1. The number of hydrogen-bond donors (Lipinski definition) is 0. The monoisotopic (exact) mass is 279 g/mol. The summed E-state index contributed by atoms with van der Waals surface area (Å²) in [6.45, 7) is 0.431. The molecule has 0 radical (unpaired) electrons. The Morgan fingerprint density at radius 1 is 0.905 bits per heavy atom. The third kappa shape index (κ3) is 1.44. The van der Waals surface area contributed by atoms with Gasteiger partial charge in [-0.2, -0.15) is 0 Å². The zero-order chi connectivity index (χ0) is 14.1.